The van der Waals surface area contributed by atoms with Crippen LogP contribution in [0.4, 0.5) is 0 Å². The van der Waals surface area contributed by atoms with Crippen LogP contribution in [0.2, 0.25) is 0 Å². The lowest BCUT2D eigenvalue weighted by Crippen LogP contribution is -2.59. The first kappa shape index (κ1) is 29.2. The van der Waals surface area contributed by atoms with E-state index < -0.39 is 29.1 Å². The maximum Gasteiger partial charge on any atom is 0.332 e. The van der Waals surface area contributed by atoms with Gasteiger partial charge in [0.05, 0.1) is 19.1 Å². The van der Waals surface area contributed by atoms with E-state index in [1.54, 1.807) is 30.3 Å². The molecule has 1 aliphatic carbocycles. The molecule has 1 saturated carbocycles. The van der Waals surface area contributed by atoms with Gasteiger partial charge < -0.3 is 14.4 Å². The van der Waals surface area contributed by atoms with Crippen molar-refractivity contribution in [1.29, 1.82) is 0 Å². The normalized spacial score (nSPS) is 25.2. The van der Waals surface area contributed by atoms with Gasteiger partial charge in [0.1, 0.15) is 27.7 Å². The van der Waals surface area contributed by atoms with Crippen LogP contribution in [0.15, 0.2) is 29.8 Å². The first-order valence-corrected chi connectivity index (χ1v) is 14.7. The number of carbonyl (C=O) groups is 3. The number of amides is 1. The molecule has 8 heteroatoms. The zero-order valence-electron chi connectivity index (χ0n) is 24.7. The largest absolute Gasteiger partial charge is 0.496 e. The van der Waals surface area contributed by atoms with Crippen LogP contribution in [0.5, 0.6) is 5.75 Å². The van der Waals surface area contributed by atoms with E-state index in [-0.39, 0.29) is 28.9 Å². The van der Waals surface area contributed by atoms with Crippen molar-refractivity contribution in [3.63, 3.8) is 0 Å². The fraction of sp³-hybridized carbons (Fsp3) is 0.613. The summed E-state index contributed by atoms with van der Waals surface area (Å²) in [6, 6.07) is 4.84. The average Bonchev–Trinajstić information content (AvgIpc) is 3.54. The van der Waals surface area contributed by atoms with E-state index in [0.717, 1.165) is 5.56 Å². The Balaban J connectivity index is 1.97. The van der Waals surface area contributed by atoms with Gasteiger partial charge in [-0.1, -0.05) is 40.7 Å². The second-order valence-corrected chi connectivity index (χ2v) is 14.2. The van der Waals surface area contributed by atoms with Crippen LogP contribution >= 0.6 is 11.3 Å². The summed E-state index contributed by atoms with van der Waals surface area (Å²) in [5.41, 5.74) is -0.866. The number of fused-ring (bicyclic) bond motifs is 1. The van der Waals surface area contributed by atoms with Gasteiger partial charge in [0, 0.05) is 29.5 Å². The van der Waals surface area contributed by atoms with E-state index in [1.165, 1.54) is 11.3 Å². The lowest BCUT2D eigenvalue weighted by atomic mass is 9.75. The topological polar surface area (TPSA) is 85.8 Å². The molecule has 0 N–H and O–H groups in total. The highest BCUT2D eigenvalue weighted by atomic mass is 32.1. The minimum atomic E-state index is -1.30. The molecule has 212 valence electrons. The SMILES string of the molecule is COc1cc(C(=O)N2[C@@H](c3nccs3)[C@H]3C(=O)CCC3[C@@]2(CC(C)C)C(=O)OC(C)(C)C)ccc1C(C)(C)C. The molecule has 0 spiro atoms. The van der Waals surface area contributed by atoms with Gasteiger partial charge in [-0.25, -0.2) is 9.78 Å². The minimum Gasteiger partial charge on any atom is -0.496 e. The quantitative estimate of drug-likeness (QED) is 0.386. The Labute approximate surface area is 236 Å². The summed E-state index contributed by atoms with van der Waals surface area (Å²) in [5.74, 6) is -0.870. The third-order valence-electron chi connectivity index (χ3n) is 7.82. The zero-order valence-corrected chi connectivity index (χ0v) is 25.5. The molecule has 39 heavy (non-hydrogen) atoms. The summed E-state index contributed by atoms with van der Waals surface area (Å²) in [5, 5.41) is 2.52. The maximum absolute atomic E-state index is 14.7. The standard InChI is InChI=1S/C31H42N2O5S/c1-18(2)17-31(28(36)38-30(6,7)8)21-12-13-22(34)24(21)25(26-32-14-15-39-26)33(31)27(35)19-10-11-20(29(3,4)5)23(16-19)37-9/h10-11,14-16,18,21,24-25H,12-13,17H2,1-9H3/t21?,24-,25-,31+/m1/s1. The number of ether oxygens (including phenoxy) is 2. The van der Waals surface area contributed by atoms with Crippen LogP contribution < -0.4 is 4.74 Å². The molecule has 2 aromatic rings. The van der Waals surface area contributed by atoms with E-state index in [0.29, 0.717) is 35.6 Å². The second kappa shape index (κ2) is 10.3. The number of hydrogen-bond donors (Lipinski definition) is 0. The lowest BCUT2D eigenvalue weighted by Gasteiger charge is -2.43. The zero-order chi connectivity index (χ0) is 28.9. The van der Waals surface area contributed by atoms with Gasteiger partial charge in [-0.3, -0.25) is 9.59 Å². The van der Waals surface area contributed by atoms with Crippen LogP contribution in [0.3, 0.4) is 0 Å². The van der Waals surface area contributed by atoms with Crippen molar-refractivity contribution in [2.45, 2.75) is 97.2 Å². The summed E-state index contributed by atoms with van der Waals surface area (Å²) in [6.45, 7) is 15.9. The highest BCUT2D eigenvalue weighted by molar-refractivity contribution is 7.09. The number of likely N-dealkylation sites (tertiary alicyclic amines) is 1. The fourth-order valence-electron chi connectivity index (χ4n) is 6.49. The predicted molar refractivity (Wildman–Crippen MR) is 152 cm³/mol. The molecule has 2 aliphatic rings. The maximum atomic E-state index is 14.7. The second-order valence-electron chi connectivity index (χ2n) is 13.3. The molecule has 1 aromatic heterocycles. The van der Waals surface area contributed by atoms with Crippen molar-refractivity contribution in [1.82, 2.24) is 9.88 Å². The van der Waals surface area contributed by atoms with Crippen LogP contribution in [0, 0.1) is 17.8 Å². The Kier molecular flexibility index (Phi) is 7.76. The van der Waals surface area contributed by atoms with Crippen molar-refractivity contribution in [3.05, 3.63) is 45.9 Å². The number of nitrogens with zero attached hydrogens (tertiary/aromatic N) is 2. The van der Waals surface area contributed by atoms with Gasteiger partial charge in [0.15, 0.2) is 0 Å². The molecule has 4 rings (SSSR count). The van der Waals surface area contributed by atoms with Crippen LogP contribution in [-0.4, -0.2) is 45.8 Å². The molecule has 4 atom stereocenters. The van der Waals surface area contributed by atoms with Crippen molar-refractivity contribution < 1.29 is 23.9 Å². The molecule has 1 unspecified atom stereocenters. The molecule has 1 aromatic carbocycles. The van der Waals surface area contributed by atoms with E-state index in [1.807, 2.05) is 46.1 Å². The Morgan fingerprint density at radius 1 is 1.18 bits per heavy atom. The highest BCUT2D eigenvalue weighted by Gasteiger charge is 2.69. The first-order valence-electron chi connectivity index (χ1n) is 13.8. The highest BCUT2D eigenvalue weighted by Crippen LogP contribution is 2.59. The van der Waals surface area contributed by atoms with Crippen LogP contribution in [0.1, 0.15) is 102 Å². The molecule has 1 aliphatic heterocycles. The van der Waals surface area contributed by atoms with Gasteiger partial charge in [0.25, 0.3) is 5.91 Å². The Morgan fingerprint density at radius 3 is 2.41 bits per heavy atom. The van der Waals surface area contributed by atoms with Gasteiger partial charge >= 0.3 is 5.97 Å². The van der Waals surface area contributed by atoms with E-state index >= 15 is 0 Å². The van der Waals surface area contributed by atoms with Crippen molar-refractivity contribution in [2.24, 2.45) is 17.8 Å². The molecule has 1 amide bonds. The van der Waals surface area contributed by atoms with Crippen molar-refractivity contribution >= 4 is 29.0 Å². The van der Waals surface area contributed by atoms with E-state index in [9.17, 15) is 14.4 Å². The molecule has 2 heterocycles. The fourth-order valence-corrected chi connectivity index (χ4v) is 7.27. The third-order valence-corrected chi connectivity index (χ3v) is 8.67. The number of benzene rings is 1. The number of hydrogen-bond acceptors (Lipinski definition) is 7. The number of carbonyl (C=O) groups excluding carboxylic acids is 3. The monoisotopic (exact) mass is 554 g/mol. The number of esters is 1. The Bertz CT molecular complexity index is 1240. The summed E-state index contributed by atoms with van der Waals surface area (Å²) in [6.07, 6.45) is 3.00. The summed E-state index contributed by atoms with van der Waals surface area (Å²) >= 11 is 1.41. The van der Waals surface area contributed by atoms with Gasteiger partial charge in [-0.2, -0.15) is 0 Å². The van der Waals surface area contributed by atoms with E-state index in [4.69, 9.17) is 9.47 Å². The number of methoxy groups -OCH3 is 1. The number of Topliss-reactive ketones (excluding diaryl/α,β-unsaturated/α-hetero) is 1. The number of rotatable bonds is 6. The van der Waals surface area contributed by atoms with Gasteiger partial charge in [-0.15, -0.1) is 11.3 Å². The smallest absolute Gasteiger partial charge is 0.332 e. The van der Waals surface area contributed by atoms with Crippen LogP contribution in [0.25, 0.3) is 0 Å². The number of aromatic nitrogens is 1. The molecular formula is C31H42N2O5S. The Hall–Kier alpha value is -2.74. The van der Waals surface area contributed by atoms with Gasteiger partial charge in [-0.05, 0) is 62.6 Å². The molecule has 7 nitrogen and oxygen atoms in total. The Morgan fingerprint density at radius 2 is 1.87 bits per heavy atom. The molecule has 0 radical (unpaired) electrons. The van der Waals surface area contributed by atoms with E-state index in [2.05, 4.69) is 25.8 Å². The molecule has 0 bridgehead atoms. The van der Waals surface area contributed by atoms with Crippen molar-refractivity contribution in [3.8, 4) is 5.75 Å². The minimum absolute atomic E-state index is 0.0667. The molecular weight excluding hydrogens is 512 g/mol. The average molecular weight is 555 g/mol. The summed E-state index contributed by atoms with van der Waals surface area (Å²) in [4.78, 5) is 48.8. The third kappa shape index (κ3) is 5.24. The van der Waals surface area contributed by atoms with Gasteiger partial charge in [0.2, 0.25) is 0 Å². The summed E-state index contributed by atoms with van der Waals surface area (Å²) in [7, 11) is 1.60. The van der Waals surface area contributed by atoms with Crippen LogP contribution in [-0.2, 0) is 19.7 Å². The molecule has 1 saturated heterocycles. The number of ketones is 1. The van der Waals surface area contributed by atoms with Crippen molar-refractivity contribution in [2.75, 3.05) is 7.11 Å². The first-order chi connectivity index (χ1) is 18.1. The lowest BCUT2D eigenvalue weighted by molar-refractivity contribution is -0.171. The number of thiazole rings is 1. The predicted octanol–water partition coefficient (Wildman–Crippen LogP) is 6.37. The molecule has 2 fully saturated rings. The summed E-state index contributed by atoms with van der Waals surface area (Å²) < 4.78 is 11.8.